The van der Waals surface area contributed by atoms with Gasteiger partial charge in [-0.1, -0.05) is 26.0 Å². The van der Waals surface area contributed by atoms with Gasteiger partial charge in [0.2, 0.25) is 5.91 Å². The van der Waals surface area contributed by atoms with Gasteiger partial charge in [0.25, 0.3) is 5.91 Å². The Morgan fingerprint density at radius 1 is 1.07 bits per heavy atom. The second kappa shape index (κ2) is 10.2. The van der Waals surface area contributed by atoms with Crippen LogP contribution in [0.3, 0.4) is 0 Å². The SMILES string of the molecule is COc1ccccc1C(=O)N[C@H](C(=O)N1CCN(Cc2ccncc2)CC1)C(C)C. The molecule has 1 aliphatic heterocycles. The van der Waals surface area contributed by atoms with E-state index in [4.69, 9.17) is 4.74 Å². The summed E-state index contributed by atoms with van der Waals surface area (Å²) in [5.74, 6) is 0.147. The molecule has 30 heavy (non-hydrogen) atoms. The van der Waals surface area contributed by atoms with Crippen molar-refractivity contribution in [2.45, 2.75) is 26.4 Å². The molecule has 2 amide bonds. The molecule has 7 nitrogen and oxygen atoms in total. The molecule has 1 fully saturated rings. The molecule has 160 valence electrons. The number of carbonyl (C=O) groups excluding carboxylic acids is 2. The standard InChI is InChI=1S/C23H30N4O3/c1-17(2)21(25-22(28)19-6-4-5-7-20(19)30-3)23(29)27-14-12-26(13-15-27)16-18-8-10-24-11-9-18/h4-11,17,21H,12-16H2,1-3H3,(H,25,28)/t21-/m0/s1. The minimum absolute atomic E-state index is 0.0222. The molecule has 0 saturated carbocycles. The van der Waals surface area contributed by atoms with E-state index >= 15 is 0 Å². The van der Waals surface area contributed by atoms with E-state index in [0.29, 0.717) is 24.4 Å². The number of hydrogen-bond acceptors (Lipinski definition) is 5. The Morgan fingerprint density at radius 2 is 1.73 bits per heavy atom. The normalized spacial score (nSPS) is 15.7. The number of hydrogen-bond donors (Lipinski definition) is 1. The van der Waals surface area contributed by atoms with Crippen molar-refractivity contribution < 1.29 is 14.3 Å². The number of methoxy groups -OCH3 is 1. The number of nitrogens with zero attached hydrogens (tertiary/aromatic N) is 3. The van der Waals surface area contributed by atoms with E-state index in [1.807, 2.05) is 36.9 Å². The second-order valence-electron chi connectivity index (χ2n) is 7.85. The van der Waals surface area contributed by atoms with Crippen molar-refractivity contribution in [2.75, 3.05) is 33.3 Å². The third-order valence-electron chi connectivity index (χ3n) is 5.41. The first-order valence-corrected chi connectivity index (χ1v) is 10.3. The van der Waals surface area contributed by atoms with E-state index in [0.717, 1.165) is 19.6 Å². The highest BCUT2D eigenvalue weighted by molar-refractivity contribution is 5.99. The third-order valence-corrected chi connectivity index (χ3v) is 5.41. The van der Waals surface area contributed by atoms with Crippen molar-refractivity contribution in [3.8, 4) is 5.75 Å². The molecule has 0 bridgehead atoms. The molecule has 0 aliphatic carbocycles. The third kappa shape index (κ3) is 5.36. The van der Waals surface area contributed by atoms with Crippen LogP contribution in [0.4, 0.5) is 0 Å². The van der Waals surface area contributed by atoms with Gasteiger partial charge in [-0.05, 0) is 35.7 Å². The summed E-state index contributed by atoms with van der Waals surface area (Å²) in [7, 11) is 1.53. The van der Waals surface area contributed by atoms with Gasteiger partial charge >= 0.3 is 0 Å². The number of carbonyl (C=O) groups is 2. The quantitative estimate of drug-likeness (QED) is 0.757. The monoisotopic (exact) mass is 410 g/mol. The van der Waals surface area contributed by atoms with Crippen molar-refractivity contribution >= 4 is 11.8 Å². The molecular formula is C23H30N4O3. The molecule has 2 heterocycles. The predicted molar refractivity (Wildman–Crippen MR) is 115 cm³/mol. The van der Waals surface area contributed by atoms with Crippen LogP contribution in [-0.2, 0) is 11.3 Å². The van der Waals surface area contributed by atoms with Crippen molar-refractivity contribution in [3.63, 3.8) is 0 Å². The van der Waals surface area contributed by atoms with E-state index in [2.05, 4.69) is 15.2 Å². The number of para-hydroxylation sites is 1. The number of benzene rings is 1. The van der Waals surface area contributed by atoms with Gasteiger partial charge in [-0.3, -0.25) is 19.5 Å². The summed E-state index contributed by atoms with van der Waals surface area (Å²) in [4.78, 5) is 34.2. The van der Waals surface area contributed by atoms with Gasteiger partial charge in [0.05, 0.1) is 12.7 Å². The molecule has 3 rings (SSSR count). The lowest BCUT2D eigenvalue weighted by Gasteiger charge is -2.37. The van der Waals surface area contributed by atoms with Gasteiger partial charge in [0.1, 0.15) is 11.8 Å². The number of ether oxygens (including phenoxy) is 1. The lowest BCUT2D eigenvalue weighted by atomic mass is 10.0. The molecule has 7 heteroatoms. The first-order valence-electron chi connectivity index (χ1n) is 10.3. The lowest BCUT2D eigenvalue weighted by molar-refractivity contribution is -0.136. The molecule has 1 saturated heterocycles. The Hall–Kier alpha value is -2.93. The van der Waals surface area contributed by atoms with Crippen LogP contribution in [-0.4, -0.2) is 65.9 Å². The summed E-state index contributed by atoms with van der Waals surface area (Å²) in [6.07, 6.45) is 3.60. The zero-order chi connectivity index (χ0) is 21.5. The number of rotatable bonds is 7. The maximum Gasteiger partial charge on any atom is 0.255 e. The van der Waals surface area contributed by atoms with Crippen LogP contribution in [0, 0.1) is 5.92 Å². The average Bonchev–Trinajstić information content (AvgIpc) is 2.78. The van der Waals surface area contributed by atoms with Crippen molar-refractivity contribution in [1.29, 1.82) is 0 Å². The fourth-order valence-electron chi connectivity index (χ4n) is 3.63. The topological polar surface area (TPSA) is 74.8 Å². The Kier molecular flexibility index (Phi) is 7.41. The molecular weight excluding hydrogens is 380 g/mol. The molecule has 2 aromatic rings. The van der Waals surface area contributed by atoms with Crippen molar-refractivity contribution in [3.05, 3.63) is 59.9 Å². The fourth-order valence-corrected chi connectivity index (χ4v) is 3.63. The van der Waals surface area contributed by atoms with Gasteiger partial charge < -0.3 is 15.0 Å². The Morgan fingerprint density at radius 3 is 2.37 bits per heavy atom. The van der Waals surface area contributed by atoms with Gasteiger partial charge in [-0.25, -0.2) is 0 Å². The Labute approximate surface area is 178 Å². The molecule has 1 atom stereocenters. The lowest BCUT2D eigenvalue weighted by Crippen LogP contribution is -2.56. The first-order chi connectivity index (χ1) is 14.5. The zero-order valence-corrected chi connectivity index (χ0v) is 17.9. The number of amides is 2. The first kappa shape index (κ1) is 21.8. The van der Waals surface area contributed by atoms with E-state index < -0.39 is 6.04 Å². The average molecular weight is 411 g/mol. The van der Waals surface area contributed by atoms with Crippen LogP contribution in [0.15, 0.2) is 48.8 Å². The summed E-state index contributed by atoms with van der Waals surface area (Å²) in [5.41, 5.74) is 1.65. The molecule has 1 aromatic carbocycles. The maximum absolute atomic E-state index is 13.2. The number of pyridine rings is 1. The van der Waals surface area contributed by atoms with Crippen LogP contribution in [0.5, 0.6) is 5.75 Å². The van der Waals surface area contributed by atoms with E-state index in [1.54, 1.807) is 30.6 Å². The van der Waals surface area contributed by atoms with Gasteiger partial charge in [-0.15, -0.1) is 0 Å². The fraction of sp³-hybridized carbons (Fsp3) is 0.435. The highest BCUT2D eigenvalue weighted by atomic mass is 16.5. The smallest absolute Gasteiger partial charge is 0.255 e. The molecule has 0 radical (unpaired) electrons. The minimum Gasteiger partial charge on any atom is -0.496 e. The molecule has 1 N–H and O–H groups in total. The second-order valence-corrected chi connectivity index (χ2v) is 7.85. The van der Waals surface area contributed by atoms with Crippen LogP contribution in [0.2, 0.25) is 0 Å². The van der Waals surface area contributed by atoms with Crippen molar-refractivity contribution in [1.82, 2.24) is 20.1 Å². The Bertz CT molecular complexity index is 849. The van der Waals surface area contributed by atoms with E-state index in [1.165, 1.54) is 12.7 Å². The molecule has 1 aromatic heterocycles. The summed E-state index contributed by atoms with van der Waals surface area (Å²) in [6.45, 7) is 7.66. The van der Waals surface area contributed by atoms with Gasteiger partial charge in [0, 0.05) is 45.1 Å². The van der Waals surface area contributed by atoms with Gasteiger partial charge in [0.15, 0.2) is 0 Å². The summed E-state index contributed by atoms with van der Waals surface area (Å²) < 4.78 is 5.28. The highest BCUT2D eigenvalue weighted by Gasteiger charge is 2.31. The van der Waals surface area contributed by atoms with Crippen molar-refractivity contribution in [2.24, 2.45) is 5.92 Å². The zero-order valence-electron chi connectivity index (χ0n) is 17.9. The summed E-state index contributed by atoms with van der Waals surface area (Å²) in [6, 6.07) is 10.5. The van der Waals surface area contributed by atoms with Crippen LogP contribution >= 0.6 is 0 Å². The maximum atomic E-state index is 13.2. The van der Waals surface area contributed by atoms with Crippen LogP contribution < -0.4 is 10.1 Å². The Balaban J connectivity index is 1.60. The van der Waals surface area contributed by atoms with Crippen LogP contribution in [0.25, 0.3) is 0 Å². The molecule has 0 spiro atoms. The van der Waals surface area contributed by atoms with E-state index in [-0.39, 0.29) is 17.7 Å². The summed E-state index contributed by atoms with van der Waals surface area (Å²) >= 11 is 0. The minimum atomic E-state index is -0.575. The van der Waals surface area contributed by atoms with Crippen LogP contribution in [0.1, 0.15) is 29.8 Å². The van der Waals surface area contributed by atoms with E-state index in [9.17, 15) is 9.59 Å². The van der Waals surface area contributed by atoms with Gasteiger partial charge in [-0.2, -0.15) is 0 Å². The largest absolute Gasteiger partial charge is 0.496 e. The molecule has 0 unspecified atom stereocenters. The number of piperazine rings is 1. The highest BCUT2D eigenvalue weighted by Crippen LogP contribution is 2.18. The predicted octanol–water partition coefficient (Wildman–Crippen LogP) is 2.19. The number of nitrogens with one attached hydrogen (secondary N) is 1. The number of aromatic nitrogens is 1. The summed E-state index contributed by atoms with van der Waals surface area (Å²) in [5, 5.41) is 2.92. The molecule has 1 aliphatic rings.